The van der Waals surface area contributed by atoms with E-state index in [0.717, 1.165) is 51.4 Å². The highest BCUT2D eigenvalue weighted by molar-refractivity contribution is 5.79. The fourth-order valence-corrected chi connectivity index (χ4v) is 5.46. The fraction of sp³-hybridized carbons (Fsp3) is 0.727. The lowest BCUT2D eigenvalue weighted by Gasteiger charge is -2.41. The zero-order chi connectivity index (χ0) is 17.8. The van der Waals surface area contributed by atoms with Crippen LogP contribution in [0.2, 0.25) is 0 Å². The molecule has 3 fully saturated rings. The second-order valence-corrected chi connectivity index (χ2v) is 8.72. The number of amides is 1. The van der Waals surface area contributed by atoms with Crippen LogP contribution in [0.3, 0.4) is 0 Å². The van der Waals surface area contributed by atoms with Crippen molar-refractivity contribution in [2.24, 2.45) is 5.92 Å². The minimum absolute atomic E-state index is 0.154. The Morgan fingerprint density at radius 3 is 2.62 bits per heavy atom. The third kappa shape index (κ3) is 3.95. The zero-order valence-corrected chi connectivity index (χ0v) is 16.0. The maximum atomic E-state index is 12.7. The molecule has 0 N–H and O–H groups in total. The molecule has 1 spiro atoms. The van der Waals surface area contributed by atoms with E-state index >= 15 is 0 Å². The first-order valence-corrected chi connectivity index (χ1v) is 10.7. The monoisotopic (exact) mass is 355 g/mol. The van der Waals surface area contributed by atoms with Gasteiger partial charge in [-0.05, 0) is 68.7 Å². The lowest BCUT2D eigenvalue weighted by molar-refractivity contribution is -0.132. The molecule has 1 amide bonds. The van der Waals surface area contributed by atoms with Gasteiger partial charge in [-0.15, -0.1) is 0 Å². The van der Waals surface area contributed by atoms with Crippen molar-refractivity contribution in [2.45, 2.75) is 76.3 Å². The molecule has 0 unspecified atom stereocenters. The summed E-state index contributed by atoms with van der Waals surface area (Å²) in [5, 5.41) is 0. The molecule has 2 aliphatic heterocycles. The third-order valence-corrected chi connectivity index (χ3v) is 7.01. The van der Waals surface area contributed by atoms with Gasteiger partial charge in [0.15, 0.2) is 0 Å². The molecular weight excluding hydrogens is 322 g/mol. The predicted octanol–water partition coefficient (Wildman–Crippen LogP) is 4.01. The first-order chi connectivity index (χ1) is 12.8. The van der Waals surface area contributed by atoms with E-state index in [1.807, 2.05) is 12.4 Å². The number of rotatable bonds is 4. The van der Waals surface area contributed by atoms with Gasteiger partial charge in [0.25, 0.3) is 0 Å². The molecule has 0 aromatic carbocycles. The molecule has 142 valence electrons. The van der Waals surface area contributed by atoms with Crippen LogP contribution in [0.15, 0.2) is 24.5 Å². The number of aromatic nitrogens is 1. The van der Waals surface area contributed by atoms with Gasteiger partial charge in [0.2, 0.25) is 5.91 Å². The van der Waals surface area contributed by atoms with Gasteiger partial charge in [-0.25, -0.2) is 0 Å². The second-order valence-electron chi connectivity index (χ2n) is 8.72. The number of pyridine rings is 1. The summed E-state index contributed by atoms with van der Waals surface area (Å²) in [7, 11) is 0. The van der Waals surface area contributed by atoms with Crippen LogP contribution in [0.1, 0.15) is 69.8 Å². The van der Waals surface area contributed by atoms with Crippen molar-refractivity contribution in [1.29, 1.82) is 0 Å². The summed E-state index contributed by atoms with van der Waals surface area (Å²) >= 11 is 0. The Hall–Kier alpha value is -1.42. The van der Waals surface area contributed by atoms with E-state index in [9.17, 15) is 4.79 Å². The molecule has 1 atom stereocenters. The summed E-state index contributed by atoms with van der Waals surface area (Å²) < 4.78 is 0. The van der Waals surface area contributed by atoms with Gasteiger partial charge in [-0.2, -0.15) is 0 Å². The SMILES string of the molecule is O=C1CC[C@@]2(CCCN(Cc3ccncc3)CC2)N1CC1CCCCC1. The predicted molar refractivity (Wildman–Crippen MR) is 104 cm³/mol. The van der Waals surface area contributed by atoms with Gasteiger partial charge in [-0.3, -0.25) is 14.7 Å². The van der Waals surface area contributed by atoms with E-state index in [0.29, 0.717) is 5.91 Å². The number of hydrogen-bond acceptors (Lipinski definition) is 3. The molecule has 4 heteroatoms. The zero-order valence-electron chi connectivity index (χ0n) is 16.0. The molecule has 0 radical (unpaired) electrons. The molecule has 4 nitrogen and oxygen atoms in total. The maximum absolute atomic E-state index is 12.7. The average molecular weight is 356 g/mol. The van der Waals surface area contributed by atoms with E-state index in [1.165, 1.54) is 50.5 Å². The van der Waals surface area contributed by atoms with Crippen LogP contribution >= 0.6 is 0 Å². The lowest BCUT2D eigenvalue weighted by Crippen LogP contribution is -2.48. The van der Waals surface area contributed by atoms with Crippen molar-refractivity contribution >= 4 is 5.91 Å². The largest absolute Gasteiger partial charge is 0.337 e. The van der Waals surface area contributed by atoms with Crippen LogP contribution < -0.4 is 0 Å². The Morgan fingerprint density at radius 1 is 1.00 bits per heavy atom. The Bertz CT molecular complexity index is 599. The Kier molecular flexibility index (Phi) is 5.58. The first-order valence-electron chi connectivity index (χ1n) is 10.7. The molecule has 2 saturated heterocycles. The summed E-state index contributed by atoms with van der Waals surface area (Å²) in [4.78, 5) is 21.8. The molecule has 0 bridgehead atoms. The van der Waals surface area contributed by atoms with E-state index in [4.69, 9.17) is 0 Å². The van der Waals surface area contributed by atoms with Crippen molar-refractivity contribution in [3.63, 3.8) is 0 Å². The highest BCUT2D eigenvalue weighted by Crippen LogP contribution is 2.41. The van der Waals surface area contributed by atoms with E-state index in [-0.39, 0.29) is 5.54 Å². The minimum atomic E-state index is 0.154. The van der Waals surface area contributed by atoms with Gasteiger partial charge in [0.05, 0.1) is 0 Å². The van der Waals surface area contributed by atoms with Gasteiger partial charge in [0, 0.05) is 44.0 Å². The molecule has 1 aliphatic carbocycles. The normalized spacial score (nSPS) is 28.6. The minimum Gasteiger partial charge on any atom is -0.337 e. The second kappa shape index (κ2) is 8.08. The van der Waals surface area contributed by atoms with Gasteiger partial charge in [-0.1, -0.05) is 19.3 Å². The molecular formula is C22H33N3O. The molecule has 3 heterocycles. The topological polar surface area (TPSA) is 36.4 Å². The van der Waals surface area contributed by atoms with E-state index in [2.05, 4.69) is 26.9 Å². The summed E-state index contributed by atoms with van der Waals surface area (Å²) in [6, 6.07) is 4.24. The van der Waals surface area contributed by atoms with Crippen molar-refractivity contribution < 1.29 is 4.79 Å². The van der Waals surface area contributed by atoms with Crippen molar-refractivity contribution in [1.82, 2.24) is 14.8 Å². The van der Waals surface area contributed by atoms with Gasteiger partial charge >= 0.3 is 0 Å². The Labute approximate surface area is 158 Å². The smallest absolute Gasteiger partial charge is 0.223 e. The summed E-state index contributed by atoms with van der Waals surface area (Å²) in [5.41, 5.74) is 1.50. The van der Waals surface area contributed by atoms with Gasteiger partial charge < -0.3 is 4.90 Å². The molecule has 1 aromatic rings. The fourth-order valence-electron chi connectivity index (χ4n) is 5.46. The standard InChI is InChI=1S/C22H33N3O/c26-21-7-11-22(25(21)18-19-5-2-1-3-6-19)10-4-15-24(16-12-22)17-20-8-13-23-14-9-20/h8-9,13-14,19H,1-7,10-12,15-18H2/t22-/m1/s1. The van der Waals surface area contributed by atoms with E-state index < -0.39 is 0 Å². The van der Waals surface area contributed by atoms with Crippen LogP contribution in [-0.4, -0.2) is 45.9 Å². The number of likely N-dealkylation sites (tertiary alicyclic amines) is 2. The van der Waals surface area contributed by atoms with Crippen LogP contribution in [0.4, 0.5) is 0 Å². The number of carbonyl (C=O) groups excluding carboxylic acids is 1. The van der Waals surface area contributed by atoms with Crippen LogP contribution in [-0.2, 0) is 11.3 Å². The Morgan fingerprint density at radius 2 is 1.81 bits per heavy atom. The van der Waals surface area contributed by atoms with Crippen LogP contribution in [0, 0.1) is 5.92 Å². The number of nitrogens with zero attached hydrogens (tertiary/aromatic N) is 3. The lowest BCUT2D eigenvalue weighted by atomic mass is 9.84. The Balaban J connectivity index is 1.41. The van der Waals surface area contributed by atoms with Crippen molar-refractivity contribution in [3.05, 3.63) is 30.1 Å². The maximum Gasteiger partial charge on any atom is 0.223 e. The quantitative estimate of drug-likeness (QED) is 0.819. The summed E-state index contributed by atoms with van der Waals surface area (Å²) in [6.07, 6.45) is 15.9. The first kappa shape index (κ1) is 18.0. The molecule has 26 heavy (non-hydrogen) atoms. The highest BCUT2D eigenvalue weighted by Gasteiger charge is 2.46. The number of carbonyl (C=O) groups is 1. The van der Waals surface area contributed by atoms with Crippen molar-refractivity contribution in [3.8, 4) is 0 Å². The van der Waals surface area contributed by atoms with Crippen LogP contribution in [0.25, 0.3) is 0 Å². The molecule has 4 rings (SSSR count). The van der Waals surface area contributed by atoms with Gasteiger partial charge in [0.1, 0.15) is 0 Å². The molecule has 3 aliphatic rings. The summed E-state index contributed by atoms with van der Waals surface area (Å²) in [5.74, 6) is 1.18. The van der Waals surface area contributed by atoms with Crippen molar-refractivity contribution in [2.75, 3.05) is 19.6 Å². The third-order valence-electron chi connectivity index (χ3n) is 7.01. The highest BCUT2D eigenvalue weighted by atomic mass is 16.2. The van der Waals surface area contributed by atoms with E-state index in [1.54, 1.807) is 0 Å². The average Bonchev–Trinajstić information content (AvgIpc) is 2.85. The number of hydrogen-bond donors (Lipinski definition) is 0. The summed E-state index contributed by atoms with van der Waals surface area (Å²) in [6.45, 7) is 4.30. The molecule has 1 saturated carbocycles. The molecule has 1 aromatic heterocycles. The van der Waals surface area contributed by atoms with Crippen LogP contribution in [0.5, 0.6) is 0 Å².